The van der Waals surface area contributed by atoms with E-state index in [9.17, 15) is 0 Å². The number of nitrogens with one attached hydrogen (secondary N) is 1. The van der Waals surface area contributed by atoms with Crippen LogP contribution in [0.2, 0.25) is 0 Å². The van der Waals surface area contributed by atoms with Crippen molar-refractivity contribution in [3.63, 3.8) is 0 Å². The van der Waals surface area contributed by atoms with Crippen LogP contribution in [0.3, 0.4) is 0 Å². The third-order valence-corrected chi connectivity index (χ3v) is 1.14. The van der Waals surface area contributed by atoms with E-state index >= 15 is 0 Å². The van der Waals surface area contributed by atoms with E-state index in [1.165, 1.54) is 0 Å². The predicted molar refractivity (Wildman–Crippen MR) is 37.8 cm³/mol. The third-order valence-electron chi connectivity index (χ3n) is 1.14. The van der Waals surface area contributed by atoms with Gasteiger partial charge in [-0.05, 0) is 5.56 Å². The Morgan fingerprint density at radius 1 is 1.22 bits per heavy atom. The van der Waals surface area contributed by atoms with Crippen LogP contribution >= 0.6 is 0 Å². The molecule has 0 spiro atoms. The molecule has 1 heteroatoms. The average Bonchev–Trinajstić information content (AvgIpc) is 1.91. The van der Waals surface area contributed by atoms with E-state index in [-0.39, 0.29) is 0 Å². The summed E-state index contributed by atoms with van der Waals surface area (Å²) < 4.78 is 0. The van der Waals surface area contributed by atoms with E-state index < -0.39 is 0 Å². The lowest BCUT2D eigenvalue weighted by Crippen LogP contribution is -1.86. The van der Waals surface area contributed by atoms with Gasteiger partial charge in [-0.15, -0.1) is 0 Å². The molecule has 1 aromatic carbocycles. The number of hydrogen-bond donors (Lipinski definition) is 0. The third kappa shape index (κ3) is 1.86. The second kappa shape index (κ2) is 3.25. The first-order chi connectivity index (χ1) is 4.43. The maximum atomic E-state index is 6.88. The summed E-state index contributed by atoms with van der Waals surface area (Å²) >= 11 is 0. The van der Waals surface area contributed by atoms with Gasteiger partial charge in [0.05, 0.1) is 0 Å². The van der Waals surface area contributed by atoms with Crippen LogP contribution in [0.15, 0.2) is 30.3 Å². The monoisotopic (exact) mass is 119 g/mol. The van der Waals surface area contributed by atoms with Crippen LogP contribution in [-0.2, 0) is 0 Å². The van der Waals surface area contributed by atoms with Crippen molar-refractivity contribution in [3.8, 4) is 0 Å². The van der Waals surface area contributed by atoms with Crippen LogP contribution in [0, 0.1) is 6.42 Å². The molecule has 0 amide bonds. The molecule has 0 atom stereocenters. The SMILES string of the molecule is [NH]C[CH]c1ccccc1. The van der Waals surface area contributed by atoms with E-state index in [1.54, 1.807) is 0 Å². The van der Waals surface area contributed by atoms with Gasteiger partial charge < -0.3 is 0 Å². The van der Waals surface area contributed by atoms with E-state index in [2.05, 4.69) is 0 Å². The molecule has 2 radical (unpaired) electrons. The molecular formula is C8H9N. The van der Waals surface area contributed by atoms with Crippen molar-refractivity contribution in [1.29, 1.82) is 0 Å². The summed E-state index contributed by atoms with van der Waals surface area (Å²) in [7, 11) is 0. The first-order valence-corrected chi connectivity index (χ1v) is 2.96. The Kier molecular flexibility index (Phi) is 2.28. The second-order valence-corrected chi connectivity index (χ2v) is 1.82. The Labute approximate surface area is 55.5 Å². The molecule has 0 saturated carbocycles. The maximum absolute atomic E-state index is 6.88. The van der Waals surface area contributed by atoms with Gasteiger partial charge in [0.2, 0.25) is 0 Å². The van der Waals surface area contributed by atoms with Crippen LogP contribution in [0.4, 0.5) is 0 Å². The highest BCUT2D eigenvalue weighted by atomic mass is 14.5. The topological polar surface area (TPSA) is 23.8 Å². The molecule has 0 aliphatic heterocycles. The molecule has 9 heavy (non-hydrogen) atoms. The smallest absolute Gasteiger partial charge is 0.0175 e. The van der Waals surface area contributed by atoms with Gasteiger partial charge in [-0.2, -0.15) is 0 Å². The fraction of sp³-hybridized carbons (Fsp3) is 0.125. The van der Waals surface area contributed by atoms with Crippen LogP contribution < -0.4 is 5.73 Å². The highest BCUT2D eigenvalue weighted by Gasteiger charge is 1.85. The Hall–Kier alpha value is -0.820. The lowest BCUT2D eigenvalue weighted by atomic mass is 10.2. The van der Waals surface area contributed by atoms with Crippen LogP contribution in [-0.4, -0.2) is 6.54 Å². The van der Waals surface area contributed by atoms with Crippen molar-refractivity contribution < 1.29 is 0 Å². The highest BCUT2D eigenvalue weighted by Crippen LogP contribution is 1.99. The van der Waals surface area contributed by atoms with Crippen molar-refractivity contribution in [1.82, 2.24) is 5.73 Å². The number of benzene rings is 1. The Bertz CT molecular complexity index is 157. The molecule has 1 N–H and O–H groups in total. The summed E-state index contributed by atoms with van der Waals surface area (Å²) in [6.07, 6.45) is 1.88. The largest absolute Gasteiger partial charge is 0.257 e. The Morgan fingerprint density at radius 3 is 2.44 bits per heavy atom. The second-order valence-electron chi connectivity index (χ2n) is 1.82. The van der Waals surface area contributed by atoms with Crippen LogP contribution in [0.1, 0.15) is 5.56 Å². The predicted octanol–water partition coefficient (Wildman–Crippen LogP) is 1.52. The van der Waals surface area contributed by atoms with E-state index in [0.717, 1.165) is 5.56 Å². The number of rotatable bonds is 2. The summed E-state index contributed by atoms with van der Waals surface area (Å²) in [5.74, 6) is 0. The molecule has 1 nitrogen and oxygen atoms in total. The van der Waals surface area contributed by atoms with Crippen molar-refractivity contribution in [2.75, 3.05) is 6.54 Å². The molecular weight excluding hydrogens is 110 g/mol. The van der Waals surface area contributed by atoms with Gasteiger partial charge in [0.15, 0.2) is 0 Å². The lowest BCUT2D eigenvalue weighted by molar-refractivity contribution is 1.12. The lowest BCUT2D eigenvalue weighted by Gasteiger charge is -1.92. The van der Waals surface area contributed by atoms with Crippen molar-refractivity contribution in [2.24, 2.45) is 0 Å². The molecule has 1 aromatic rings. The Morgan fingerprint density at radius 2 is 1.89 bits per heavy atom. The highest BCUT2D eigenvalue weighted by molar-refractivity contribution is 5.22. The van der Waals surface area contributed by atoms with Gasteiger partial charge in [-0.1, -0.05) is 30.3 Å². The minimum absolute atomic E-state index is 0.365. The van der Waals surface area contributed by atoms with E-state index in [1.807, 2.05) is 36.8 Å². The molecule has 1 rings (SSSR count). The zero-order valence-electron chi connectivity index (χ0n) is 5.17. The zero-order valence-corrected chi connectivity index (χ0v) is 5.17. The van der Waals surface area contributed by atoms with Gasteiger partial charge >= 0.3 is 0 Å². The van der Waals surface area contributed by atoms with Crippen LogP contribution in [0.25, 0.3) is 0 Å². The molecule has 0 heterocycles. The quantitative estimate of drug-likeness (QED) is 0.563. The number of hydrogen-bond acceptors (Lipinski definition) is 0. The molecule has 0 aliphatic rings. The van der Waals surface area contributed by atoms with Gasteiger partial charge in [-0.3, -0.25) is 5.73 Å². The summed E-state index contributed by atoms with van der Waals surface area (Å²) in [6, 6.07) is 9.91. The summed E-state index contributed by atoms with van der Waals surface area (Å²) in [5, 5.41) is 0. The standard InChI is InChI=1S/C8H9N/c9-7-6-8-4-2-1-3-5-8/h1-6,9H,7H2. The zero-order chi connectivity index (χ0) is 6.53. The summed E-state index contributed by atoms with van der Waals surface area (Å²) in [6.45, 7) is 0.365. The molecule has 46 valence electrons. The van der Waals surface area contributed by atoms with Crippen LogP contribution in [0.5, 0.6) is 0 Å². The molecule has 0 fully saturated rings. The van der Waals surface area contributed by atoms with Gasteiger partial charge in [0.1, 0.15) is 0 Å². The van der Waals surface area contributed by atoms with E-state index in [0.29, 0.717) is 6.54 Å². The van der Waals surface area contributed by atoms with E-state index in [4.69, 9.17) is 5.73 Å². The van der Waals surface area contributed by atoms with Gasteiger partial charge in [0, 0.05) is 13.0 Å². The minimum atomic E-state index is 0.365. The maximum Gasteiger partial charge on any atom is 0.0175 e. The van der Waals surface area contributed by atoms with Gasteiger partial charge in [0.25, 0.3) is 0 Å². The summed E-state index contributed by atoms with van der Waals surface area (Å²) in [5.41, 5.74) is 8.02. The van der Waals surface area contributed by atoms with Crippen molar-refractivity contribution in [3.05, 3.63) is 42.3 Å². The molecule has 0 bridgehead atoms. The Balaban J connectivity index is 2.61. The minimum Gasteiger partial charge on any atom is -0.257 e. The molecule has 0 saturated heterocycles. The fourth-order valence-electron chi connectivity index (χ4n) is 0.707. The van der Waals surface area contributed by atoms with Crippen molar-refractivity contribution in [2.45, 2.75) is 0 Å². The fourth-order valence-corrected chi connectivity index (χ4v) is 0.707. The molecule has 0 unspecified atom stereocenters. The molecule has 0 aliphatic carbocycles. The average molecular weight is 119 g/mol. The van der Waals surface area contributed by atoms with Crippen molar-refractivity contribution >= 4 is 0 Å². The normalized spacial score (nSPS) is 9.44. The van der Waals surface area contributed by atoms with Gasteiger partial charge in [-0.25, -0.2) is 0 Å². The summed E-state index contributed by atoms with van der Waals surface area (Å²) in [4.78, 5) is 0. The first-order valence-electron chi connectivity index (χ1n) is 2.96. The first kappa shape index (κ1) is 6.30. The molecule has 0 aromatic heterocycles.